The summed E-state index contributed by atoms with van der Waals surface area (Å²) in [5.74, 6) is 2.52. The van der Waals surface area contributed by atoms with Gasteiger partial charge in [-0.15, -0.1) is 6.42 Å². The van der Waals surface area contributed by atoms with Crippen molar-refractivity contribution in [3.05, 3.63) is 23.8 Å². The van der Waals surface area contributed by atoms with Crippen LogP contribution in [0.4, 0.5) is 0 Å². The lowest BCUT2D eigenvalue weighted by atomic mass is 10.1. The second kappa shape index (κ2) is 2.61. The molecule has 0 N–H and O–H groups in total. The summed E-state index contributed by atoms with van der Waals surface area (Å²) in [6, 6.07) is 0. The lowest BCUT2D eigenvalue weighted by molar-refractivity contribution is 1.48. The SMILES string of the molecule is C#CC1=CC=CCC1=S. The van der Waals surface area contributed by atoms with Crippen LogP contribution in [0.15, 0.2) is 23.8 Å². The van der Waals surface area contributed by atoms with E-state index in [2.05, 4.69) is 5.92 Å². The van der Waals surface area contributed by atoms with Gasteiger partial charge in [0.1, 0.15) is 0 Å². The topological polar surface area (TPSA) is 0 Å². The van der Waals surface area contributed by atoms with Gasteiger partial charge in [0.05, 0.1) is 0 Å². The minimum Gasteiger partial charge on any atom is -0.115 e. The maximum atomic E-state index is 5.15. The largest absolute Gasteiger partial charge is 0.115 e. The molecule has 0 aromatic rings. The number of thiocarbonyl (C=S) groups is 1. The van der Waals surface area contributed by atoms with Crippen LogP contribution in [0.25, 0.3) is 0 Å². The van der Waals surface area contributed by atoms with Gasteiger partial charge < -0.3 is 0 Å². The molecule has 0 amide bonds. The van der Waals surface area contributed by atoms with E-state index in [0.717, 1.165) is 16.9 Å². The molecular weight excluding hydrogens is 128 g/mol. The summed E-state index contributed by atoms with van der Waals surface area (Å²) in [5.41, 5.74) is 0.854. The Morgan fingerprint density at radius 2 is 2.44 bits per heavy atom. The molecule has 1 heteroatoms. The van der Waals surface area contributed by atoms with E-state index in [4.69, 9.17) is 18.6 Å². The molecule has 0 bridgehead atoms. The first-order chi connectivity index (χ1) is 4.34. The summed E-state index contributed by atoms with van der Waals surface area (Å²) in [6.45, 7) is 0. The normalized spacial score (nSPS) is 16.8. The molecule has 1 rings (SSSR count). The number of hydrogen-bond donors (Lipinski definition) is 0. The average Bonchev–Trinajstić information content (AvgIpc) is 1.89. The third-order valence-electron chi connectivity index (χ3n) is 1.16. The molecule has 0 spiro atoms. The van der Waals surface area contributed by atoms with Gasteiger partial charge in [-0.05, 0) is 6.08 Å². The van der Waals surface area contributed by atoms with Crippen molar-refractivity contribution in [1.29, 1.82) is 0 Å². The molecule has 0 saturated heterocycles. The summed E-state index contributed by atoms with van der Waals surface area (Å²) in [5, 5.41) is 0. The number of allylic oxidation sites excluding steroid dienone is 4. The van der Waals surface area contributed by atoms with E-state index < -0.39 is 0 Å². The highest BCUT2D eigenvalue weighted by atomic mass is 32.1. The van der Waals surface area contributed by atoms with Crippen LogP contribution < -0.4 is 0 Å². The standard InChI is InChI=1S/C8H6S/c1-2-7-5-3-4-6-8(7)9/h1,3-5H,6H2. The summed E-state index contributed by atoms with van der Waals surface area (Å²) in [4.78, 5) is 0.875. The molecule has 0 aromatic carbocycles. The van der Waals surface area contributed by atoms with Crippen LogP contribution in [0.2, 0.25) is 0 Å². The van der Waals surface area contributed by atoms with E-state index in [1.165, 1.54) is 0 Å². The fourth-order valence-electron chi connectivity index (χ4n) is 0.671. The van der Waals surface area contributed by atoms with Gasteiger partial charge in [0.15, 0.2) is 0 Å². The summed E-state index contributed by atoms with van der Waals surface area (Å²) >= 11 is 4.96. The van der Waals surface area contributed by atoms with Gasteiger partial charge >= 0.3 is 0 Å². The van der Waals surface area contributed by atoms with E-state index in [0.29, 0.717) is 0 Å². The van der Waals surface area contributed by atoms with Crippen LogP contribution in [-0.2, 0) is 0 Å². The molecule has 44 valence electrons. The Labute approximate surface area is 60.3 Å². The van der Waals surface area contributed by atoms with Crippen LogP contribution in [0, 0.1) is 12.3 Å². The summed E-state index contributed by atoms with van der Waals surface area (Å²) in [6.07, 6.45) is 11.8. The molecule has 0 radical (unpaired) electrons. The lowest BCUT2D eigenvalue weighted by Crippen LogP contribution is -1.97. The zero-order chi connectivity index (χ0) is 6.69. The van der Waals surface area contributed by atoms with E-state index in [1.807, 2.05) is 18.2 Å². The van der Waals surface area contributed by atoms with E-state index in [9.17, 15) is 0 Å². The Bertz CT molecular complexity index is 225. The predicted molar refractivity (Wildman–Crippen MR) is 43.3 cm³/mol. The summed E-state index contributed by atoms with van der Waals surface area (Å²) in [7, 11) is 0. The maximum absolute atomic E-state index is 5.15. The van der Waals surface area contributed by atoms with Gasteiger partial charge in [0.2, 0.25) is 0 Å². The number of terminal acetylenes is 1. The highest BCUT2D eigenvalue weighted by molar-refractivity contribution is 7.80. The monoisotopic (exact) mass is 134 g/mol. The fourth-order valence-corrected chi connectivity index (χ4v) is 0.894. The van der Waals surface area contributed by atoms with Gasteiger partial charge in [-0.1, -0.05) is 30.3 Å². The van der Waals surface area contributed by atoms with Crippen molar-refractivity contribution >= 4 is 17.1 Å². The second-order valence-corrected chi connectivity index (χ2v) is 2.27. The first-order valence-corrected chi connectivity index (χ1v) is 3.12. The molecule has 1 aliphatic carbocycles. The second-order valence-electron chi connectivity index (χ2n) is 1.78. The van der Waals surface area contributed by atoms with Crippen molar-refractivity contribution in [2.75, 3.05) is 0 Å². The van der Waals surface area contributed by atoms with Gasteiger partial charge in [-0.25, -0.2) is 0 Å². The molecule has 0 fully saturated rings. The minimum absolute atomic E-state index is 0.825. The molecule has 0 heterocycles. The van der Waals surface area contributed by atoms with Crippen molar-refractivity contribution < 1.29 is 0 Å². The third kappa shape index (κ3) is 1.28. The van der Waals surface area contributed by atoms with Crippen molar-refractivity contribution in [1.82, 2.24) is 0 Å². The maximum Gasteiger partial charge on any atom is 0.0385 e. The molecular formula is C8H6S. The highest BCUT2D eigenvalue weighted by Crippen LogP contribution is 2.07. The average molecular weight is 134 g/mol. The van der Waals surface area contributed by atoms with Crippen molar-refractivity contribution in [3.63, 3.8) is 0 Å². The molecule has 0 saturated carbocycles. The van der Waals surface area contributed by atoms with E-state index in [-0.39, 0.29) is 0 Å². The number of hydrogen-bond acceptors (Lipinski definition) is 1. The Hall–Kier alpha value is -0.870. The molecule has 0 aromatic heterocycles. The first-order valence-electron chi connectivity index (χ1n) is 2.71. The molecule has 0 aliphatic heterocycles. The lowest BCUT2D eigenvalue weighted by Gasteiger charge is -2.01. The van der Waals surface area contributed by atoms with Gasteiger partial charge in [0, 0.05) is 16.9 Å². The molecule has 0 nitrogen and oxygen atoms in total. The Kier molecular flexibility index (Phi) is 1.81. The Balaban J connectivity index is 2.91. The Morgan fingerprint density at radius 3 is 2.89 bits per heavy atom. The van der Waals surface area contributed by atoms with Crippen LogP contribution >= 0.6 is 12.2 Å². The molecule has 9 heavy (non-hydrogen) atoms. The minimum atomic E-state index is 0.825. The molecule has 0 unspecified atom stereocenters. The van der Waals surface area contributed by atoms with E-state index in [1.54, 1.807) is 0 Å². The number of rotatable bonds is 0. The van der Waals surface area contributed by atoms with Crippen molar-refractivity contribution in [3.8, 4) is 12.3 Å². The zero-order valence-corrected chi connectivity index (χ0v) is 5.74. The quantitative estimate of drug-likeness (QED) is 0.360. The van der Waals surface area contributed by atoms with Crippen molar-refractivity contribution in [2.24, 2.45) is 0 Å². The fraction of sp³-hybridized carbons (Fsp3) is 0.125. The summed E-state index contributed by atoms with van der Waals surface area (Å²) < 4.78 is 0. The zero-order valence-electron chi connectivity index (χ0n) is 4.92. The predicted octanol–water partition coefficient (Wildman–Crippen LogP) is 1.88. The first kappa shape index (κ1) is 6.25. The van der Waals surface area contributed by atoms with Crippen LogP contribution in [0.5, 0.6) is 0 Å². The third-order valence-corrected chi connectivity index (χ3v) is 1.54. The van der Waals surface area contributed by atoms with Gasteiger partial charge in [-0.2, -0.15) is 0 Å². The van der Waals surface area contributed by atoms with Crippen LogP contribution in [0.3, 0.4) is 0 Å². The van der Waals surface area contributed by atoms with Gasteiger partial charge in [0.25, 0.3) is 0 Å². The smallest absolute Gasteiger partial charge is 0.0385 e. The van der Waals surface area contributed by atoms with Crippen LogP contribution in [-0.4, -0.2) is 4.86 Å². The van der Waals surface area contributed by atoms with Crippen LogP contribution in [0.1, 0.15) is 6.42 Å². The van der Waals surface area contributed by atoms with E-state index >= 15 is 0 Å². The highest BCUT2D eigenvalue weighted by Gasteiger charge is 2.00. The Morgan fingerprint density at radius 1 is 1.67 bits per heavy atom. The molecule has 0 atom stereocenters. The molecule has 1 aliphatic rings. The van der Waals surface area contributed by atoms with Gasteiger partial charge in [-0.3, -0.25) is 0 Å². The van der Waals surface area contributed by atoms with Crippen molar-refractivity contribution in [2.45, 2.75) is 6.42 Å².